The predicted octanol–water partition coefficient (Wildman–Crippen LogP) is 1.60. The standard InChI is InChI=1S/C8H12F3NO/c1-12-5-3-2-4-6(12)7(13)8(9,10)11/h6H,2-5H2,1H3/t6-/m0/s1. The van der Waals surface area contributed by atoms with Gasteiger partial charge in [0.05, 0.1) is 6.04 Å². The van der Waals surface area contributed by atoms with Crippen molar-refractivity contribution in [3.8, 4) is 0 Å². The van der Waals surface area contributed by atoms with Crippen LogP contribution in [0.15, 0.2) is 0 Å². The van der Waals surface area contributed by atoms with Crippen molar-refractivity contribution in [3.05, 3.63) is 0 Å². The van der Waals surface area contributed by atoms with Crippen LogP contribution in [0.3, 0.4) is 0 Å². The molecule has 1 fully saturated rings. The number of carbonyl (C=O) groups is 1. The van der Waals surface area contributed by atoms with E-state index in [1.807, 2.05) is 0 Å². The molecule has 0 radical (unpaired) electrons. The Morgan fingerprint density at radius 2 is 2.00 bits per heavy atom. The second-order valence-corrected chi connectivity index (χ2v) is 3.35. The van der Waals surface area contributed by atoms with E-state index in [0.717, 1.165) is 6.42 Å². The Kier molecular flexibility index (Phi) is 2.95. The molecule has 1 saturated heterocycles. The quantitative estimate of drug-likeness (QED) is 0.633. The Morgan fingerprint density at radius 1 is 1.38 bits per heavy atom. The fourth-order valence-corrected chi connectivity index (χ4v) is 1.60. The SMILES string of the molecule is CN1CCCC[C@H]1C(=O)C(F)(F)F. The molecule has 0 aliphatic carbocycles. The molecule has 2 nitrogen and oxygen atoms in total. The van der Waals surface area contributed by atoms with E-state index in [0.29, 0.717) is 19.4 Å². The van der Waals surface area contributed by atoms with E-state index in [9.17, 15) is 18.0 Å². The van der Waals surface area contributed by atoms with Crippen molar-refractivity contribution in [3.63, 3.8) is 0 Å². The minimum atomic E-state index is -4.68. The number of rotatable bonds is 1. The van der Waals surface area contributed by atoms with Gasteiger partial charge < -0.3 is 0 Å². The third-order valence-corrected chi connectivity index (χ3v) is 2.35. The molecule has 0 bridgehead atoms. The van der Waals surface area contributed by atoms with E-state index in [1.54, 1.807) is 7.05 Å². The molecular formula is C8H12F3NO. The first-order chi connectivity index (χ1) is 5.93. The first-order valence-electron chi connectivity index (χ1n) is 4.24. The summed E-state index contributed by atoms with van der Waals surface area (Å²) in [6, 6.07) is -0.950. The van der Waals surface area contributed by atoms with Crippen molar-refractivity contribution in [2.45, 2.75) is 31.5 Å². The number of likely N-dealkylation sites (tertiary alicyclic amines) is 1. The number of hydrogen-bond donors (Lipinski definition) is 0. The highest BCUT2D eigenvalue weighted by atomic mass is 19.4. The molecule has 0 N–H and O–H groups in total. The zero-order valence-electron chi connectivity index (χ0n) is 7.40. The number of alkyl halides is 3. The molecule has 0 saturated carbocycles. The van der Waals surface area contributed by atoms with E-state index in [4.69, 9.17) is 0 Å². The maximum atomic E-state index is 12.0. The molecule has 1 aliphatic heterocycles. The Morgan fingerprint density at radius 3 is 2.46 bits per heavy atom. The lowest BCUT2D eigenvalue weighted by Crippen LogP contribution is -2.47. The predicted molar refractivity (Wildman–Crippen MR) is 41.3 cm³/mol. The summed E-state index contributed by atoms with van der Waals surface area (Å²) in [6.45, 7) is 0.576. The van der Waals surface area contributed by atoms with Crippen LogP contribution in [0.4, 0.5) is 13.2 Å². The number of hydrogen-bond acceptors (Lipinski definition) is 2. The fraction of sp³-hybridized carbons (Fsp3) is 0.875. The van der Waals surface area contributed by atoms with Gasteiger partial charge in [0, 0.05) is 0 Å². The van der Waals surface area contributed by atoms with Crippen molar-refractivity contribution < 1.29 is 18.0 Å². The highest BCUT2D eigenvalue weighted by Gasteiger charge is 2.44. The number of Topliss-reactive ketones (excluding diaryl/α,β-unsaturated/α-hetero) is 1. The maximum Gasteiger partial charge on any atom is 0.451 e. The second-order valence-electron chi connectivity index (χ2n) is 3.35. The summed E-state index contributed by atoms with van der Waals surface area (Å²) in [4.78, 5) is 12.3. The number of likely N-dealkylation sites (N-methyl/N-ethyl adjacent to an activating group) is 1. The van der Waals surface area contributed by atoms with E-state index < -0.39 is 18.0 Å². The largest absolute Gasteiger partial charge is 0.451 e. The second kappa shape index (κ2) is 3.65. The van der Waals surface area contributed by atoms with Crippen LogP contribution in [-0.2, 0) is 4.79 Å². The van der Waals surface area contributed by atoms with E-state index >= 15 is 0 Å². The van der Waals surface area contributed by atoms with Crippen molar-refractivity contribution in [1.29, 1.82) is 0 Å². The first kappa shape index (κ1) is 10.5. The van der Waals surface area contributed by atoms with Crippen LogP contribution in [0.5, 0.6) is 0 Å². The molecule has 0 amide bonds. The monoisotopic (exact) mass is 195 g/mol. The summed E-state index contributed by atoms with van der Waals surface area (Å²) in [5.74, 6) is -1.60. The smallest absolute Gasteiger partial charge is 0.296 e. The molecular weight excluding hydrogens is 183 g/mol. The highest BCUT2D eigenvalue weighted by Crippen LogP contribution is 2.25. The zero-order chi connectivity index (χ0) is 10.1. The van der Waals surface area contributed by atoms with Crippen molar-refractivity contribution in [2.24, 2.45) is 0 Å². The third kappa shape index (κ3) is 2.43. The van der Waals surface area contributed by atoms with Crippen LogP contribution < -0.4 is 0 Å². The molecule has 1 atom stereocenters. The average Bonchev–Trinajstić information content (AvgIpc) is 2.02. The lowest BCUT2D eigenvalue weighted by atomic mass is 9.99. The van der Waals surface area contributed by atoms with Crippen LogP contribution in [0.1, 0.15) is 19.3 Å². The number of halogens is 3. The Bertz CT molecular complexity index is 202. The normalized spacial score (nSPS) is 26.0. The molecule has 0 aromatic rings. The summed E-state index contributed by atoms with van der Waals surface area (Å²) < 4.78 is 36.1. The van der Waals surface area contributed by atoms with E-state index in [-0.39, 0.29) is 0 Å². The number of carbonyl (C=O) groups excluding carboxylic acids is 1. The highest BCUT2D eigenvalue weighted by molar-refractivity contribution is 5.89. The van der Waals surface area contributed by atoms with Crippen molar-refractivity contribution >= 4 is 5.78 Å². The molecule has 1 rings (SSSR count). The van der Waals surface area contributed by atoms with E-state index in [2.05, 4.69) is 0 Å². The van der Waals surface area contributed by atoms with Crippen LogP contribution in [-0.4, -0.2) is 36.5 Å². The van der Waals surface area contributed by atoms with Gasteiger partial charge in [-0.2, -0.15) is 13.2 Å². The summed E-state index contributed by atoms with van der Waals surface area (Å²) in [6.07, 6.45) is -2.78. The van der Waals surface area contributed by atoms with Gasteiger partial charge in [-0.15, -0.1) is 0 Å². The van der Waals surface area contributed by atoms with Crippen LogP contribution in [0.2, 0.25) is 0 Å². The molecule has 0 aromatic heterocycles. The third-order valence-electron chi connectivity index (χ3n) is 2.35. The van der Waals surface area contributed by atoms with Gasteiger partial charge in [0.25, 0.3) is 5.78 Å². The van der Waals surface area contributed by atoms with Gasteiger partial charge in [0.1, 0.15) is 0 Å². The zero-order valence-corrected chi connectivity index (χ0v) is 7.40. The molecule has 0 spiro atoms. The molecule has 1 heterocycles. The number of piperidine rings is 1. The van der Waals surface area contributed by atoms with Crippen LogP contribution in [0, 0.1) is 0 Å². The lowest BCUT2D eigenvalue weighted by molar-refractivity contribution is -0.177. The van der Waals surface area contributed by atoms with Crippen LogP contribution in [0.25, 0.3) is 0 Å². The van der Waals surface area contributed by atoms with Gasteiger partial charge in [-0.1, -0.05) is 6.42 Å². The summed E-state index contributed by atoms with van der Waals surface area (Å²) in [7, 11) is 1.56. The molecule has 0 unspecified atom stereocenters. The van der Waals surface area contributed by atoms with Crippen LogP contribution >= 0.6 is 0 Å². The Balaban J connectivity index is 2.64. The summed E-state index contributed by atoms with van der Waals surface area (Å²) in [5.41, 5.74) is 0. The minimum absolute atomic E-state index is 0.328. The van der Waals surface area contributed by atoms with Crippen molar-refractivity contribution in [1.82, 2.24) is 4.90 Å². The molecule has 13 heavy (non-hydrogen) atoms. The molecule has 76 valence electrons. The lowest BCUT2D eigenvalue weighted by Gasteiger charge is -2.31. The minimum Gasteiger partial charge on any atom is -0.296 e. The van der Waals surface area contributed by atoms with Gasteiger partial charge in [-0.3, -0.25) is 9.69 Å². The van der Waals surface area contributed by atoms with Gasteiger partial charge in [0.2, 0.25) is 0 Å². The summed E-state index contributed by atoms with van der Waals surface area (Å²) in [5, 5.41) is 0. The Hall–Kier alpha value is -0.580. The maximum absolute atomic E-state index is 12.0. The van der Waals surface area contributed by atoms with Gasteiger partial charge in [-0.25, -0.2) is 0 Å². The van der Waals surface area contributed by atoms with Gasteiger partial charge in [0.15, 0.2) is 0 Å². The number of nitrogens with zero attached hydrogens (tertiary/aromatic N) is 1. The average molecular weight is 195 g/mol. The fourth-order valence-electron chi connectivity index (χ4n) is 1.60. The van der Waals surface area contributed by atoms with Crippen molar-refractivity contribution in [2.75, 3.05) is 13.6 Å². The number of ketones is 1. The first-order valence-corrected chi connectivity index (χ1v) is 4.24. The van der Waals surface area contributed by atoms with E-state index in [1.165, 1.54) is 4.90 Å². The Labute approximate surface area is 74.7 Å². The summed E-state index contributed by atoms with van der Waals surface area (Å²) >= 11 is 0. The molecule has 1 aliphatic rings. The topological polar surface area (TPSA) is 20.3 Å². The van der Waals surface area contributed by atoms with Gasteiger partial charge >= 0.3 is 6.18 Å². The van der Waals surface area contributed by atoms with Gasteiger partial charge in [-0.05, 0) is 26.4 Å². The molecule has 5 heteroatoms. The molecule has 0 aromatic carbocycles.